The van der Waals surface area contributed by atoms with Crippen LogP contribution in [0.5, 0.6) is 0 Å². The van der Waals surface area contributed by atoms with E-state index in [9.17, 15) is 9.90 Å². The summed E-state index contributed by atoms with van der Waals surface area (Å²) in [7, 11) is 3.36. The van der Waals surface area contributed by atoms with Crippen molar-refractivity contribution in [1.82, 2.24) is 0 Å². The van der Waals surface area contributed by atoms with Gasteiger partial charge in [-0.2, -0.15) is 0 Å². The molecule has 0 spiro atoms. The lowest BCUT2D eigenvalue weighted by atomic mass is 9.47. The molecular formula is C26H42O4. The lowest BCUT2D eigenvalue weighted by molar-refractivity contribution is -0.141. The van der Waals surface area contributed by atoms with E-state index in [2.05, 4.69) is 26.8 Å². The van der Waals surface area contributed by atoms with Gasteiger partial charge >= 0.3 is 5.97 Å². The van der Waals surface area contributed by atoms with Crippen molar-refractivity contribution in [3.63, 3.8) is 0 Å². The van der Waals surface area contributed by atoms with Gasteiger partial charge in [0.25, 0.3) is 0 Å². The van der Waals surface area contributed by atoms with E-state index in [0.29, 0.717) is 36.0 Å². The Balaban J connectivity index is 1.63. The van der Waals surface area contributed by atoms with Crippen LogP contribution in [-0.4, -0.2) is 37.5 Å². The van der Waals surface area contributed by atoms with Crippen molar-refractivity contribution in [3.8, 4) is 0 Å². The summed E-state index contributed by atoms with van der Waals surface area (Å²) in [6, 6.07) is 0. The molecule has 4 nitrogen and oxygen atoms in total. The maximum absolute atomic E-state index is 11.7. The predicted molar refractivity (Wildman–Crippen MR) is 118 cm³/mol. The van der Waals surface area contributed by atoms with Gasteiger partial charge in [0, 0.05) is 18.9 Å². The molecule has 170 valence electrons. The van der Waals surface area contributed by atoms with Crippen molar-refractivity contribution >= 4 is 5.97 Å². The number of fused-ring (bicyclic) bond motifs is 5. The molecule has 0 aromatic rings. The van der Waals surface area contributed by atoms with Gasteiger partial charge in [-0.3, -0.25) is 4.79 Å². The van der Waals surface area contributed by atoms with Crippen molar-refractivity contribution < 1.29 is 19.4 Å². The summed E-state index contributed by atoms with van der Waals surface area (Å²) < 4.78 is 11.1. The van der Waals surface area contributed by atoms with Crippen LogP contribution in [0.1, 0.15) is 78.6 Å². The standard InChI is InChI=1S/C26H42O4/c1-16(6-11-24(28)30-5)20-9-10-21-19-8-7-17-14-18(27)12-13-25(17,2)22(19)15-23(29-4)26(20,21)3/h15-21,23,27H,6-14H2,1-5H3/t16-,17-,18+,19+,20-,21-,23-,25-,26+/m0/s1. The molecule has 0 heterocycles. The van der Waals surface area contributed by atoms with Crippen LogP contribution >= 0.6 is 0 Å². The normalized spacial score (nSPS) is 46.3. The number of methoxy groups -OCH3 is 2. The number of hydrogen-bond donors (Lipinski definition) is 1. The molecular weight excluding hydrogens is 376 g/mol. The van der Waals surface area contributed by atoms with Gasteiger partial charge in [0.2, 0.25) is 0 Å². The summed E-state index contributed by atoms with van der Waals surface area (Å²) in [5.41, 5.74) is 2.02. The minimum atomic E-state index is -0.112. The quantitative estimate of drug-likeness (QED) is 0.496. The molecule has 4 heteroatoms. The zero-order chi connectivity index (χ0) is 21.7. The van der Waals surface area contributed by atoms with Crippen LogP contribution in [0.3, 0.4) is 0 Å². The molecule has 4 aliphatic carbocycles. The number of ether oxygens (including phenoxy) is 2. The Kier molecular flexibility index (Phi) is 6.13. The highest BCUT2D eigenvalue weighted by molar-refractivity contribution is 5.69. The molecule has 30 heavy (non-hydrogen) atoms. The minimum Gasteiger partial charge on any atom is -0.469 e. The van der Waals surface area contributed by atoms with Crippen molar-refractivity contribution in [2.75, 3.05) is 14.2 Å². The number of hydrogen-bond acceptors (Lipinski definition) is 4. The van der Waals surface area contributed by atoms with Gasteiger partial charge in [-0.25, -0.2) is 0 Å². The van der Waals surface area contributed by atoms with Crippen LogP contribution in [0.4, 0.5) is 0 Å². The molecule has 0 aromatic carbocycles. The largest absolute Gasteiger partial charge is 0.469 e. The third-order valence-electron chi connectivity index (χ3n) is 10.1. The smallest absolute Gasteiger partial charge is 0.305 e. The molecule has 1 N–H and O–H groups in total. The fourth-order valence-electron chi connectivity index (χ4n) is 8.41. The second-order valence-corrected chi connectivity index (χ2v) is 11.3. The highest BCUT2D eigenvalue weighted by Gasteiger charge is 2.61. The van der Waals surface area contributed by atoms with Crippen molar-refractivity contribution in [2.45, 2.75) is 90.8 Å². The van der Waals surface area contributed by atoms with Crippen LogP contribution in [0.25, 0.3) is 0 Å². The first-order valence-corrected chi connectivity index (χ1v) is 12.3. The van der Waals surface area contributed by atoms with E-state index in [4.69, 9.17) is 9.47 Å². The van der Waals surface area contributed by atoms with E-state index >= 15 is 0 Å². The van der Waals surface area contributed by atoms with Crippen molar-refractivity contribution in [2.24, 2.45) is 40.4 Å². The maximum Gasteiger partial charge on any atom is 0.305 e. The summed E-state index contributed by atoms with van der Waals surface area (Å²) in [5.74, 6) is 2.91. The van der Waals surface area contributed by atoms with Crippen LogP contribution < -0.4 is 0 Å². The number of allylic oxidation sites excluding steroid dienone is 1. The predicted octanol–water partition coefficient (Wildman–Crippen LogP) is 5.14. The second-order valence-electron chi connectivity index (χ2n) is 11.3. The Morgan fingerprint density at radius 3 is 2.67 bits per heavy atom. The molecule has 0 aliphatic heterocycles. The van der Waals surface area contributed by atoms with E-state index in [1.807, 2.05) is 7.11 Å². The minimum absolute atomic E-state index is 0.0959. The lowest BCUT2D eigenvalue weighted by Gasteiger charge is -2.58. The van der Waals surface area contributed by atoms with E-state index in [0.717, 1.165) is 25.7 Å². The highest BCUT2D eigenvalue weighted by Crippen LogP contribution is 2.66. The van der Waals surface area contributed by atoms with Gasteiger partial charge in [-0.1, -0.05) is 32.4 Å². The van der Waals surface area contributed by atoms with E-state index in [1.165, 1.54) is 32.8 Å². The third-order valence-corrected chi connectivity index (χ3v) is 10.1. The van der Waals surface area contributed by atoms with Gasteiger partial charge in [0.05, 0.1) is 19.3 Å². The Bertz CT molecular complexity index is 687. The first-order valence-electron chi connectivity index (χ1n) is 12.3. The Hall–Kier alpha value is -0.870. The number of carbonyl (C=O) groups is 1. The summed E-state index contributed by atoms with van der Waals surface area (Å²) in [6.07, 6.45) is 12.0. The Morgan fingerprint density at radius 1 is 1.20 bits per heavy atom. The zero-order valence-corrected chi connectivity index (χ0v) is 19.7. The SMILES string of the molecule is COC(=O)CC[C@H](C)[C@@H]1CC[C@H]2[C@H]3CC[C@H]4C[C@H](O)CC[C@]4(C)C3=C[C@H](OC)[C@]12C. The number of aliphatic hydroxyl groups excluding tert-OH is 1. The highest BCUT2D eigenvalue weighted by atomic mass is 16.5. The molecule has 3 fully saturated rings. The van der Waals surface area contributed by atoms with Gasteiger partial charge < -0.3 is 14.6 Å². The summed E-state index contributed by atoms with van der Waals surface area (Å²) in [5, 5.41) is 10.3. The van der Waals surface area contributed by atoms with E-state index in [-0.39, 0.29) is 29.0 Å². The molecule has 4 rings (SSSR count). The fraction of sp³-hybridized carbons (Fsp3) is 0.885. The van der Waals surface area contributed by atoms with Crippen molar-refractivity contribution in [3.05, 3.63) is 11.6 Å². The molecule has 0 aromatic heterocycles. The third kappa shape index (κ3) is 3.37. The molecule has 0 unspecified atom stereocenters. The number of carbonyl (C=O) groups excluding carboxylic acids is 1. The molecule has 0 bridgehead atoms. The fourth-order valence-corrected chi connectivity index (χ4v) is 8.41. The van der Waals surface area contributed by atoms with Crippen LogP contribution in [0.2, 0.25) is 0 Å². The van der Waals surface area contributed by atoms with Gasteiger partial charge in [0.15, 0.2) is 0 Å². The topological polar surface area (TPSA) is 55.8 Å². The van der Waals surface area contributed by atoms with E-state index < -0.39 is 0 Å². The Morgan fingerprint density at radius 2 is 1.97 bits per heavy atom. The number of rotatable bonds is 5. The molecule has 4 aliphatic rings. The van der Waals surface area contributed by atoms with Crippen LogP contribution in [0, 0.1) is 40.4 Å². The molecule has 0 saturated heterocycles. The first-order chi connectivity index (χ1) is 14.3. The molecule has 0 amide bonds. The van der Waals surface area contributed by atoms with Gasteiger partial charge in [-0.15, -0.1) is 0 Å². The molecule has 9 atom stereocenters. The summed E-state index contributed by atoms with van der Waals surface area (Å²) >= 11 is 0. The summed E-state index contributed by atoms with van der Waals surface area (Å²) in [4.78, 5) is 11.7. The van der Waals surface area contributed by atoms with E-state index in [1.54, 1.807) is 5.57 Å². The van der Waals surface area contributed by atoms with Gasteiger partial charge in [0.1, 0.15) is 0 Å². The maximum atomic E-state index is 11.7. The number of aliphatic hydroxyl groups is 1. The Labute approximate surface area is 182 Å². The average molecular weight is 419 g/mol. The lowest BCUT2D eigenvalue weighted by Crippen LogP contribution is -2.53. The zero-order valence-electron chi connectivity index (χ0n) is 19.7. The summed E-state index contributed by atoms with van der Waals surface area (Å²) in [6.45, 7) is 7.28. The number of esters is 1. The molecule has 0 radical (unpaired) electrons. The van der Waals surface area contributed by atoms with Crippen molar-refractivity contribution in [1.29, 1.82) is 0 Å². The molecule has 3 saturated carbocycles. The average Bonchev–Trinajstić information content (AvgIpc) is 3.09. The monoisotopic (exact) mass is 418 g/mol. The van der Waals surface area contributed by atoms with Crippen LogP contribution in [0.15, 0.2) is 11.6 Å². The van der Waals surface area contributed by atoms with Gasteiger partial charge in [-0.05, 0) is 86.4 Å². The van der Waals surface area contributed by atoms with Crippen LogP contribution in [-0.2, 0) is 14.3 Å². The first kappa shape index (κ1) is 22.3. The second kappa shape index (κ2) is 8.24.